The first-order chi connectivity index (χ1) is 21.9. The highest BCUT2D eigenvalue weighted by Gasteiger charge is 2.23. The molecule has 1 amide bonds. The van der Waals surface area contributed by atoms with Gasteiger partial charge in [0.25, 0.3) is 5.91 Å². The number of benzene rings is 2. The number of aliphatic hydroxyl groups is 1. The van der Waals surface area contributed by atoms with Gasteiger partial charge in [-0.05, 0) is 43.9 Å². The molecule has 9 heteroatoms. The summed E-state index contributed by atoms with van der Waals surface area (Å²) in [5.74, 6) is -1.26. The number of pyridine rings is 1. The molecule has 3 N–H and O–H groups in total. The molecule has 0 atom stereocenters. The van der Waals surface area contributed by atoms with E-state index in [0.717, 1.165) is 18.2 Å². The summed E-state index contributed by atoms with van der Waals surface area (Å²) in [4.78, 5) is 39.7. The van der Waals surface area contributed by atoms with E-state index >= 15 is 0 Å². The zero-order chi connectivity index (χ0) is 33.5. The summed E-state index contributed by atoms with van der Waals surface area (Å²) in [6.45, 7) is 10.3. The third kappa shape index (κ3) is 13.0. The number of hydrogen-bond acceptors (Lipinski definition) is 7. The van der Waals surface area contributed by atoms with Crippen LogP contribution in [0.4, 0.5) is 0 Å². The summed E-state index contributed by atoms with van der Waals surface area (Å²) in [6.07, 6.45) is 7.40. The second-order valence-corrected chi connectivity index (χ2v) is 9.24. The van der Waals surface area contributed by atoms with E-state index in [1.807, 2.05) is 82.3 Å². The molecule has 0 aliphatic heterocycles. The minimum absolute atomic E-state index is 0.0640. The normalized spacial score (nSPS) is 10.8. The Hall–Kier alpha value is -4.47. The molecule has 9 nitrogen and oxygen atoms in total. The lowest BCUT2D eigenvalue weighted by Gasteiger charge is -2.16. The molecule has 0 bridgehead atoms. The van der Waals surface area contributed by atoms with E-state index in [1.54, 1.807) is 6.92 Å². The molecule has 3 aromatic rings. The van der Waals surface area contributed by atoms with Gasteiger partial charge in [-0.1, -0.05) is 92.7 Å². The van der Waals surface area contributed by atoms with E-state index in [1.165, 1.54) is 18.2 Å². The quantitative estimate of drug-likeness (QED) is 0.114. The van der Waals surface area contributed by atoms with Gasteiger partial charge >= 0.3 is 5.97 Å². The first kappa shape index (κ1) is 38.6. The Bertz CT molecular complexity index is 1340. The Morgan fingerprint density at radius 3 is 2.09 bits per heavy atom. The number of H-pyrrole nitrogens is 1. The van der Waals surface area contributed by atoms with Crippen molar-refractivity contribution in [3.05, 3.63) is 123 Å². The minimum atomic E-state index is -0.783. The average Bonchev–Trinajstić information content (AvgIpc) is 3.08. The third-order valence-corrected chi connectivity index (χ3v) is 6.31. The predicted molar refractivity (Wildman–Crippen MR) is 179 cm³/mol. The van der Waals surface area contributed by atoms with Crippen LogP contribution in [0.1, 0.15) is 78.9 Å². The summed E-state index contributed by atoms with van der Waals surface area (Å²) in [6, 6.07) is 20.7. The number of hydrogen-bond donors (Lipinski definition) is 3. The lowest BCUT2D eigenvalue weighted by atomic mass is 9.89. The van der Waals surface area contributed by atoms with Gasteiger partial charge in [0.1, 0.15) is 12.2 Å². The van der Waals surface area contributed by atoms with Crippen molar-refractivity contribution < 1.29 is 28.9 Å². The van der Waals surface area contributed by atoms with Crippen LogP contribution in [0.25, 0.3) is 0 Å². The summed E-state index contributed by atoms with van der Waals surface area (Å²) in [7, 11) is 1.51. The van der Waals surface area contributed by atoms with Gasteiger partial charge in [0.2, 0.25) is 5.43 Å². The first-order valence-electron chi connectivity index (χ1n) is 15.2. The molecular formula is C36H48N2O7. The smallest absolute Gasteiger partial charge is 0.343 e. The lowest BCUT2D eigenvalue weighted by molar-refractivity contribution is 0.0523. The average molecular weight is 621 g/mol. The number of rotatable bonds is 14. The van der Waals surface area contributed by atoms with Crippen LogP contribution < -0.4 is 15.5 Å². The number of methoxy groups -OCH3 is 1. The Labute approximate surface area is 267 Å². The SMILES string of the molecule is C/C=C\C(=C/C)COc1c(C(=O)NCCOC)[nH]cc(C(=O)OCC)c1=O.CC.OCCC(c1ccccc1)c1ccccc1. The molecule has 2 aromatic carbocycles. The number of esters is 1. The highest BCUT2D eigenvalue weighted by molar-refractivity contribution is 5.96. The van der Waals surface area contributed by atoms with Crippen molar-refractivity contribution in [2.45, 2.75) is 47.0 Å². The third-order valence-electron chi connectivity index (χ3n) is 6.31. The van der Waals surface area contributed by atoms with Crippen LogP contribution in [-0.4, -0.2) is 62.0 Å². The fourth-order valence-corrected chi connectivity index (χ4v) is 4.16. The number of aromatic amines is 1. The van der Waals surface area contributed by atoms with Gasteiger partial charge < -0.3 is 29.6 Å². The number of carbonyl (C=O) groups is 2. The molecular weight excluding hydrogens is 572 g/mol. The Morgan fingerprint density at radius 1 is 1.00 bits per heavy atom. The van der Waals surface area contributed by atoms with Crippen LogP contribution in [0.15, 0.2) is 95.5 Å². The van der Waals surface area contributed by atoms with Crippen molar-refractivity contribution in [3.8, 4) is 5.75 Å². The molecule has 0 fully saturated rings. The molecule has 1 heterocycles. The minimum Gasteiger partial charge on any atom is -0.483 e. The molecule has 45 heavy (non-hydrogen) atoms. The first-order valence-corrected chi connectivity index (χ1v) is 15.2. The van der Waals surface area contributed by atoms with Crippen LogP contribution in [0.2, 0.25) is 0 Å². The van der Waals surface area contributed by atoms with Crippen LogP contribution in [0, 0.1) is 0 Å². The van der Waals surface area contributed by atoms with Crippen LogP contribution in [0.3, 0.4) is 0 Å². The van der Waals surface area contributed by atoms with Crippen molar-refractivity contribution in [1.82, 2.24) is 10.3 Å². The molecule has 1 aromatic heterocycles. The van der Waals surface area contributed by atoms with Crippen molar-refractivity contribution >= 4 is 11.9 Å². The zero-order valence-electron chi connectivity index (χ0n) is 27.3. The molecule has 0 aliphatic carbocycles. The molecule has 0 saturated carbocycles. The zero-order valence-corrected chi connectivity index (χ0v) is 27.3. The second kappa shape index (κ2) is 23.0. The van der Waals surface area contributed by atoms with Crippen molar-refractivity contribution in [2.24, 2.45) is 0 Å². The van der Waals surface area contributed by atoms with Gasteiger partial charge in [-0.3, -0.25) is 9.59 Å². The van der Waals surface area contributed by atoms with E-state index < -0.39 is 17.3 Å². The number of ether oxygens (including phenoxy) is 3. The van der Waals surface area contributed by atoms with Crippen molar-refractivity contribution in [2.75, 3.05) is 40.1 Å². The van der Waals surface area contributed by atoms with Crippen molar-refractivity contribution in [1.29, 1.82) is 0 Å². The number of carbonyl (C=O) groups excluding carboxylic acids is 2. The number of aliphatic hydroxyl groups excluding tert-OH is 1. The second-order valence-electron chi connectivity index (χ2n) is 9.24. The van der Waals surface area contributed by atoms with E-state index in [2.05, 4.69) is 34.6 Å². The largest absolute Gasteiger partial charge is 0.483 e. The maximum atomic E-state index is 12.7. The maximum absolute atomic E-state index is 12.7. The summed E-state index contributed by atoms with van der Waals surface area (Å²) in [5.41, 5.74) is 2.34. The maximum Gasteiger partial charge on any atom is 0.343 e. The molecule has 0 aliphatic rings. The van der Waals surface area contributed by atoms with Crippen molar-refractivity contribution in [3.63, 3.8) is 0 Å². The molecule has 0 radical (unpaired) electrons. The molecule has 0 saturated heterocycles. The Kier molecular flexibility index (Phi) is 19.7. The van der Waals surface area contributed by atoms with E-state index in [-0.39, 0.29) is 43.4 Å². The van der Waals surface area contributed by atoms with Gasteiger partial charge in [-0.15, -0.1) is 0 Å². The predicted octanol–water partition coefficient (Wildman–Crippen LogP) is 6.06. The fraction of sp³-hybridized carbons (Fsp3) is 0.361. The molecule has 244 valence electrons. The number of amides is 1. The van der Waals surface area contributed by atoms with E-state index in [0.29, 0.717) is 12.5 Å². The van der Waals surface area contributed by atoms with Crippen LogP contribution in [-0.2, 0) is 9.47 Å². The number of nitrogens with one attached hydrogen (secondary N) is 2. The topological polar surface area (TPSA) is 127 Å². The Morgan fingerprint density at radius 2 is 1.60 bits per heavy atom. The fourth-order valence-electron chi connectivity index (χ4n) is 4.16. The highest BCUT2D eigenvalue weighted by atomic mass is 16.5. The van der Waals surface area contributed by atoms with Gasteiger partial charge in [-0.25, -0.2) is 4.79 Å². The van der Waals surface area contributed by atoms with Gasteiger partial charge in [0.15, 0.2) is 11.4 Å². The molecule has 0 spiro atoms. The Balaban J connectivity index is 0.000000475. The van der Waals surface area contributed by atoms with E-state index in [4.69, 9.17) is 19.3 Å². The standard InChI is InChI=1S/C19H26N2O6.C15H16O.C2H6/c1-5-8-13(6-2)12-27-17-15(18(23)20-9-10-25-4)21-11-14(16(17)22)19(24)26-7-3;16-12-11-15(13-7-3-1-4-8-13)14-9-5-2-6-10-14;1-2/h5-6,8,11H,7,9-10,12H2,1-4H3,(H,20,23)(H,21,22);1-10,15-16H,11-12H2;1-2H3/b8-5-,13-6+;;. The van der Waals surface area contributed by atoms with Crippen LogP contribution >= 0.6 is 0 Å². The number of aromatic nitrogens is 1. The molecule has 3 rings (SSSR count). The lowest BCUT2D eigenvalue weighted by Crippen LogP contribution is -2.31. The van der Waals surface area contributed by atoms with Gasteiger partial charge in [0.05, 0.1) is 13.2 Å². The number of allylic oxidation sites excluding steroid dienone is 2. The summed E-state index contributed by atoms with van der Waals surface area (Å²) < 4.78 is 15.4. The van der Waals surface area contributed by atoms with Gasteiger partial charge in [-0.2, -0.15) is 0 Å². The summed E-state index contributed by atoms with van der Waals surface area (Å²) >= 11 is 0. The highest BCUT2D eigenvalue weighted by Crippen LogP contribution is 2.27. The van der Waals surface area contributed by atoms with Crippen LogP contribution in [0.5, 0.6) is 5.75 Å². The van der Waals surface area contributed by atoms with Gasteiger partial charge in [0, 0.05) is 32.4 Å². The van der Waals surface area contributed by atoms with E-state index in [9.17, 15) is 14.4 Å². The molecule has 0 unspecified atom stereocenters. The summed E-state index contributed by atoms with van der Waals surface area (Å²) in [5, 5.41) is 11.8. The monoisotopic (exact) mass is 620 g/mol.